The molecule has 0 saturated carbocycles. The van der Waals surface area contributed by atoms with Crippen molar-refractivity contribution in [1.82, 2.24) is 4.98 Å². The predicted molar refractivity (Wildman–Crippen MR) is 62.5 cm³/mol. The van der Waals surface area contributed by atoms with E-state index >= 15 is 0 Å². The molecule has 1 saturated heterocycles. The second kappa shape index (κ2) is 5.27. The van der Waals surface area contributed by atoms with Crippen molar-refractivity contribution in [2.75, 3.05) is 31.2 Å². The Hall–Kier alpha value is -1.13. The summed E-state index contributed by atoms with van der Waals surface area (Å²) >= 11 is 0. The molecule has 1 fully saturated rings. The summed E-state index contributed by atoms with van der Waals surface area (Å²) in [6, 6.07) is 3.89. The number of anilines is 1. The molecule has 4 nitrogen and oxygen atoms in total. The van der Waals surface area contributed by atoms with E-state index in [4.69, 9.17) is 4.74 Å². The quantitative estimate of drug-likeness (QED) is 0.820. The lowest BCUT2D eigenvalue weighted by Gasteiger charge is -2.20. The van der Waals surface area contributed by atoms with Gasteiger partial charge in [0.1, 0.15) is 5.82 Å². The topological polar surface area (TPSA) is 45.6 Å². The van der Waals surface area contributed by atoms with Crippen molar-refractivity contribution >= 4 is 5.82 Å². The second-order valence-electron chi connectivity index (χ2n) is 4.08. The fraction of sp³-hybridized carbons (Fsp3) is 0.583. The molecule has 0 bridgehead atoms. The van der Waals surface area contributed by atoms with Crippen molar-refractivity contribution in [3.8, 4) is 0 Å². The summed E-state index contributed by atoms with van der Waals surface area (Å²) in [5.74, 6) is 0.968. The molecule has 16 heavy (non-hydrogen) atoms. The molecule has 88 valence electrons. The third-order valence-corrected chi connectivity index (χ3v) is 2.80. The molecule has 0 amide bonds. The van der Waals surface area contributed by atoms with Crippen LogP contribution in [0.1, 0.15) is 25.0 Å². The number of ether oxygens (including phenoxy) is 1. The van der Waals surface area contributed by atoms with E-state index in [-0.39, 0.29) is 0 Å². The molecule has 1 aromatic rings. The van der Waals surface area contributed by atoms with E-state index in [0.717, 1.165) is 44.1 Å². The van der Waals surface area contributed by atoms with Crippen LogP contribution in [0.15, 0.2) is 18.3 Å². The van der Waals surface area contributed by atoms with Gasteiger partial charge < -0.3 is 14.7 Å². The van der Waals surface area contributed by atoms with Crippen LogP contribution >= 0.6 is 0 Å². The second-order valence-corrected chi connectivity index (χ2v) is 4.08. The van der Waals surface area contributed by atoms with Gasteiger partial charge in [-0.2, -0.15) is 0 Å². The number of nitrogens with zero attached hydrogens (tertiary/aromatic N) is 2. The van der Waals surface area contributed by atoms with Crippen LogP contribution in [0.25, 0.3) is 0 Å². The molecular formula is C12H18N2O2. The van der Waals surface area contributed by atoms with Gasteiger partial charge in [0, 0.05) is 25.9 Å². The van der Waals surface area contributed by atoms with Gasteiger partial charge in [-0.1, -0.05) is 6.07 Å². The van der Waals surface area contributed by atoms with Crippen LogP contribution in [0.4, 0.5) is 5.82 Å². The fourth-order valence-corrected chi connectivity index (χ4v) is 1.81. The molecule has 1 aliphatic rings. The molecule has 1 N–H and O–H groups in total. The Morgan fingerprint density at radius 3 is 2.94 bits per heavy atom. The van der Waals surface area contributed by atoms with E-state index in [1.54, 1.807) is 13.1 Å². The van der Waals surface area contributed by atoms with Crippen molar-refractivity contribution in [1.29, 1.82) is 0 Å². The van der Waals surface area contributed by atoms with E-state index < -0.39 is 6.10 Å². The lowest BCUT2D eigenvalue weighted by atomic mass is 10.2. The van der Waals surface area contributed by atoms with Crippen molar-refractivity contribution in [3.63, 3.8) is 0 Å². The molecule has 0 aliphatic carbocycles. The van der Waals surface area contributed by atoms with E-state index in [0.29, 0.717) is 0 Å². The van der Waals surface area contributed by atoms with Gasteiger partial charge in [-0.3, -0.25) is 0 Å². The molecule has 2 rings (SSSR count). The highest BCUT2D eigenvalue weighted by Gasteiger charge is 2.11. The van der Waals surface area contributed by atoms with E-state index in [1.165, 1.54) is 0 Å². The average Bonchev–Trinajstić information content (AvgIpc) is 2.57. The normalized spacial score (nSPS) is 19.2. The summed E-state index contributed by atoms with van der Waals surface area (Å²) in [6.45, 7) is 5.22. The Balaban J connectivity index is 2.07. The molecular weight excluding hydrogens is 204 g/mol. The van der Waals surface area contributed by atoms with E-state index in [9.17, 15) is 5.11 Å². The first-order valence-corrected chi connectivity index (χ1v) is 5.74. The number of rotatable bonds is 2. The monoisotopic (exact) mass is 222 g/mol. The standard InChI is InChI=1S/C12H18N2O2/c1-10(15)11-3-4-12(13-9-11)14-5-2-7-16-8-6-14/h3-4,9-10,15H,2,5-8H2,1H3/t10-/m0/s1. The maximum atomic E-state index is 9.40. The molecule has 0 spiro atoms. The highest BCUT2D eigenvalue weighted by molar-refractivity contribution is 5.39. The maximum absolute atomic E-state index is 9.40. The summed E-state index contributed by atoms with van der Waals surface area (Å²) in [5, 5.41) is 9.40. The molecule has 1 atom stereocenters. The van der Waals surface area contributed by atoms with Crippen molar-refractivity contribution in [2.24, 2.45) is 0 Å². The zero-order chi connectivity index (χ0) is 11.4. The Labute approximate surface area is 95.9 Å². The summed E-state index contributed by atoms with van der Waals surface area (Å²) in [7, 11) is 0. The lowest BCUT2D eigenvalue weighted by Crippen LogP contribution is -2.26. The van der Waals surface area contributed by atoms with Crippen molar-refractivity contribution in [2.45, 2.75) is 19.4 Å². The summed E-state index contributed by atoms with van der Waals surface area (Å²) < 4.78 is 5.40. The van der Waals surface area contributed by atoms with Gasteiger partial charge in [-0.05, 0) is 25.0 Å². The molecule has 0 radical (unpaired) electrons. The number of hydrogen-bond acceptors (Lipinski definition) is 4. The van der Waals surface area contributed by atoms with Crippen molar-refractivity contribution < 1.29 is 9.84 Å². The minimum Gasteiger partial charge on any atom is -0.389 e. The number of pyridine rings is 1. The van der Waals surface area contributed by atoms with Crippen LogP contribution in [0.5, 0.6) is 0 Å². The zero-order valence-electron chi connectivity index (χ0n) is 9.59. The Bertz CT molecular complexity index is 316. The van der Waals surface area contributed by atoms with Crippen LogP contribution in [0.2, 0.25) is 0 Å². The summed E-state index contributed by atoms with van der Waals surface area (Å²) in [6.07, 6.45) is 2.33. The van der Waals surface area contributed by atoms with Gasteiger partial charge >= 0.3 is 0 Å². The van der Waals surface area contributed by atoms with Gasteiger partial charge in [0.25, 0.3) is 0 Å². The van der Waals surface area contributed by atoms with Crippen LogP contribution < -0.4 is 4.90 Å². The molecule has 2 heterocycles. The van der Waals surface area contributed by atoms with Crippen molar-refractivity contribution in [3.05, 3.63) is 23.9 Å². The fourth-order valence-electron chi connectivity index (χ4n) is 1.81. The molecule has 4 heteroatoms. The Morgan fingerprint density at radius 1 is 1.38 bits per heavy atom. The summed E-state index contributed by atoms with van der Waals surface area (Å²) in [4.78, 5) is 6.60. The van der Waals surface area contributed by atoms with Crippen LogP contribution in [0, 0.1) is 0 Å². The van der Waals surface area contributed by atoms with E-state index in [1.807, 2.05) is 12.1 Å². The van der Waals surface area contributed by atoms with E-state index in [2.05, 4.69) is 9.88 Å². The highest BCUT2D eigenvalue weighted by Crippen LogP contribution is 2.16. The Kier molecular flexibility index (Phi) is 3.74. The van der Waals surface area contributed by atoms with Gasteiger partial charge in [0.05, 0.1) is 12.7 Å². The predicted octanol–water partition coefficient (Wildman–Crippen LogP) is 1.36. The van der Waals surface area contributed by atoms with Crippen LogP contribution in [0.3, 0.4) is 0 Å². The molecule has 1 aromatic heterocycles. The molecule has 1 aliphatic heterocycles. The average molecular weight is 222 g/mol. The smallest absolute Gasteiger partial charge is 0.128 e. The lowest BCUT2D eigenvalue weighted by molar-refractivity contribution is 0.152. The third kappa shape index (κ3) is 2.71. The SMILES string of the molecule is C[C@H](O)c1ccc(N2CCCOCC2)nc1. The number of aliphatic hydroxyl groups excluding tert-OH is 1. The Morgan fingerprint density at radius 2 is 2.25 bits per heavy atom. The van der Waals surface area contributed by atoms with Gasteiger partial charge in [-0.15, -0.1) is 0 Å². The number of aliphatic hydroxyl groups is 1. The van der Waals surface area contributed by atoms with Crippen LogP contribution in [-0.2, 0) is 4.74 Å². The third-order valence-electron chi connectivity index (χ3n) is 2.80. The van der Waals surface area contributed by atoms with Gasteiger partial charge in [0.2, 0.25) is 0 Å². The van der Waals surface area contributed by atoms with Gasteiger partial charge in [0.15, 0.2) is 0 Å². The van der Waals surface area contributed by atoms with Crippen LogP contribution in [-0.4, -0.2) is 36.4 Å². The minimum absolute atomic E-state index is 0.450. The largest absolute Gasteiger partial charge is 0.389 e. The van der Waals surface area contributed by atoms with Gasteiger partial charge in [-0.25, -0.2) is 4.98 Å². The first-order valence-electron chi connectivity index (χ1n) is 5.74. The first-order chi connectivity index (χ1) is 7.77. The zero-order valence-corrected chi connectivity index (χ0v) is 9.59. The first kappa shape index (κ1) is 11.4. The molecule has 0 aromatic carbocycles. The maximum Gasteiger partial charge on any atom is 0.128 e. The minimum atomic E-state index is -0.450. The summed E-state index contributed by atoms with van der Waals surface area (Å²) in [5.41, 5.74) is 0.856. The number of aromatic nitrogens is 1. The molecule has 0 unspecified atom stereocenters. The highest BCUT2D eigenvalue weighted by atomic mass is 16.5. The number of hydrogen-bond donors (Lipinski definition) is 1.